The summed E-state index contributed by atoms with van der Waals surface area (Å²) in [6.07, 6.45) is 8.86. The van der Waals surface area contributed by atoms with Crippen molar-refractivity contribution in [3.05, 3.63) is 37.1 Å². The van der Waals surface area contributed by atoms with E-state index in [0.29, 0.717) is 5.89 Å². The van der Waals surface area contributed by atoms with Gasteiger partial charge in [-0.1, -0.05) is 0 Å². The van der Waals surface area contributed by atoms with Gasteiger partial charge in [-0.05, 0) is 0 Å². The third-order valence-corrected chi connectivity index (χ3v) is 1.24. The van der Waals surface area contributed by atoms with E-state index in [2.05, 4.69) is 16.3 Å². The summed E-state index contributed by atoms with van der Waals surface area (Å²) in [6.45, 7) is 0.278. The molecule has 0 unspecified atom stereocenters. The predicted octanol–water partition coefficient (Wildman–Crippen LogP) is 0.300. The number of hydrogen-bond acceptors (Lipinski definition) is 4. The standard InChI is InChI=1S/C7H6N3O2/c1-3-10(6-8-1)12-5-7-9-2-4-11-7/h1-4H,5H2. The Hall–Kier alpha value is -1.78. The molecule has 0 saturated carbocycles. The summed E-state index contributed by atoms with van der Waals surface area (Å²) < 4.78 is 6.31. The molecule has 12 heavy (non-hydrogen) atoms. The van der Waals surface area contributed by atoms with Gasteiger partial charge in [-0.15, -0.1) is 0 Å². The quantitative estimate of drug-likeness (QED) is 0.654. The Kier molecular flexibility index (Phi) is 1.77. The van der Waals surface area contributed by atoms with E-state index in [4.69, 9.17) is 9.25 Å². The highest BCUT2D eigenvalue weighted by atomic mass is 16.7. The molecule has 0 amide bonds. The highest BCUT2D eigenvalue weighted by Gasteiger charge is 1.97. The summed E-state index contributed by atoms with van der Waals surface area (Å²) in [7, 11) is 0. The van der Waals surface area contributed by atoms with Crippen molar-refractivity contribution in [2.24, 2.45) is 0 Å². The molecule has 0 fully saturated rings. The minimum Gasteiger partial charge on any atom is -0.445 e. The van der Waals surface area contributed by atoms with E-state index in [-0.39, 0.29) is 6.61 Å². The normalized spacial score (nSPS) is 10.0. The van der Waals surface area contributed by atoms with Crippen molar-refractivity contribution in [2.75, 3.05) is 0 Å². The molecule has 0 bridgehead atoms. The van der Waals surface area contributed by atoms with Crippen LogP contribution in [-0.4, -0.2) is 14.7 Å². The van der Waals surface area contributed by atoms with Gasteiger partial charge >= 0.3 is 0 Å². The minimum absolute atomic E-state index is 0.278. The number of oxazole rings is 1. The first-order valence-electron chi connectivity index (χ1n) is 3.38. The van der Waals surface area contributed by atoms with Crippen LogP contribution in [0.5, 0.6) is 0 Å². The molecule has 0 aliphatic carbocycles. The number of hydrogen-bond donors (Lipinski definition) is 0. The molecule has 61 valence electrons. The van der Waals surface area contributed by atoms with Crippen molar-refractivity contribution in [3.8, 4) is 0 Å². The molecule has 2 rings (SSSR count). The third-order valence-electron chi connectivity index (χ3n) is 1.24. The molecule has 0 aromatic carbocycles. The van der Waals surface area contributed by atoms with Crippen LogP contribution in [0, 0.1) is 6.33 Å². The second-order valence-corrected chi connectivity index (χ2v) is 2.05. The molecular formula is C7H6N3O2. The zero-order chi connectivity index (χ0) is 8.23. The van der Waals surface area contributed by atoms with Crippen molar-refractivity contribution < 1.29 is 9.25 Å². The van der Waals surface area contributed by atoms with Crippen LogP contribution in [0.2, 0.25) is 0 Å². The number of aromatic nitrogens is 3. The lowest BCUT2D eigenvalue weighted by atomic mass is 10.7. The van der Waals surface area contributed by atoms with Gasteiger partial charge in [0.05, 0.1) is 12.4 Å². The summed E-state index contributed by atoms with van der Waals surface area (Å²) in [5, 5.41) is 0. The second-order valence-electron chi connectivity index (χ2n) is 2.05. The molecule has 2 aromatic rings. The summed E-state index contributed by atoms with van der Waals surface area (Å²) in [5.41, 5.74) is 0. The molecule has 0 spiro atoms. The van der Waals surface area contributed by atoms with Crippen LogP contribution >= 0.6 is 0 Å². The van der Waals surface area contributed by atoms with E-state index >= 15 is 0 Å². The average Bonchev–Trinajstić information content (AvgIpc) is 2.74. The minimum atomic E-state index is 0.278. The van der Waals surface area contributed by atoms with Crippen LogP contribution in [-0.2, 0) is 6.61 Å². The van der Waals surface area contributed by atoms with Crippen molar-refractivity contribution in [1.29, 1.82) is 0 Å². The molecule has 0 saturated heterocycles. The van der Waals surface area contributed by atoms with Crippen LogP contribution in [0.15, 0.2) is 29.3 Å². The molecule has 0 aliphatic heterocycles. The highest BCUT2D eigenvalue weighted by molar-refractivity contribution is 4.76. The number of imidazole rings is 1. The van der Waals surface area contributed by atoms with Gasteiger partial charge in [0.15, 0.2) is 6.61 Å². The Balaban J connectivity index is 1.91. The van der Waals surface area contributed by atoms with Crippen molar-refractivity contribution >= 4 is 0 Å². The van der Waals surface area contributed by atoms with E-state index in [1.165, 1.54) is 11.0 Å². The lowest BCUT2D eigenvalue weighted by molar-refractivity contribution is 0.0798. The van der Waals surface area contributed by atoms with Gasteiger partial charge in [-0.3, -0.25) is 0 Å². The maximum atomic E-state index is 5.13. The van der Waals surface area contributed by atoms with E-state index in [1.54, 1.807) is 18.6 Å². The number of nitrogens with zero attached hydrogens (tertiary/aromatic N) is 3. The van der Waals surface area contributed by atoms with Crippen LogP contribution in [0.4, 0.5) is 0 Å². The zero-order valence-electron chi connectivity index (χ0n) is 6.17. The maximum absolute atomic E-state index is 5.13. The molecule has 0 aliphatic rings. The van der Waals surface area contributed by atoms with Gasteiger partial charge in [-0.2, -0.15) is 4.73 Å². The molecule has 0 N–H and O–H groups in total. The maximum Gasteiger partial charge on any atom is 0.234 e. The lowest BCUT2D eigenvalue weighted by Gasteiger charge is -2.00. The Morgan fingerprint density at radius 1 is 1.58 bits per heavy atom. The molecule has 5 heteroatoms. The monoisotopic (exact) mass is 164 g/mol. The smallest absolute Gasteiger partial charge is 0.234 e. The van der Waals surface area contributed by atoms with Gasteiger partial charge in [0.2, 0.25) is 12.2 Å². The predicted molar refractivity (Wildman–Crippen MR) is 37.9 cm³/mol. The Morgan fingerprint density at radius 3 is 3.25 bits per heavy atom. The topological polar surface area (TPSA) is 53.1 Å². The van der Waals surface area contributed by atoms with Crippen molar-refractivity contribution in [1.82, 2.24) is 14.7 Å². The second kappa shape index (κ2) is 3.08. The molecule has 2 heterocycles. The van der Waals surface area contributed by atoms with E-state index in [0.717, 1.165) is 0 Å². The lowest BCUT2D eigenvalue weighted by Crippen LogP contribution is -2.08. The first-order chi connectivity index (χ1) is 5.95. The largest absolute Gasteiger partial charge is 0.445 e. The van der Waals surface area contributed by atoms with E-state index < -0.39 is 0 Å². The summed E-state index contributed by atoms with van der Waals surface area (Å²) in [4.78, 5) is 12.7. The van der Waals surface area contributed by atoms with Crippen LogP contribution in [0.25, 0.3) is 0 Å². The molecule has 1 radical (unpaired) electrons. The first kappa shape index (κ1) is 6.90. The van der Waals surface area contributed by atoms with Gasteiger partial charge in [0.25, 0.3) is 0 Å². The SMILES string of the molecule is [c]1nccn1OCc1ncco1. The van der Waals surface area contributed by atoms with Crippen molar-refractivity contribution in [2.45, 2.75) is 6.61 Å². The van der Waals surface area contributed by atoms with Crippen LogP contribution in [0.3, 0.4) is 0 Å². The fourth-order valence-electron chi connectivity index (χ4n) is 0.738. The molecule has 2 aromatic heterocycles. The third kappa shape index (κ3) is 1.45. The summed E-state index contributed by atoms with van der Waals surface area (Å²) in [6, 6.07) is 0. The Labute approximate surface area is 68.6 Å². The zero-order valence-corrected chi connectivity index (χ0v) is 6.17. The highest BCUT2D eigenvalue weighted by Crippen LogP contribution is 1.94. The van der Waals surface area contributed by atoms with Gasteiger partial charge in [0, 0.05) is 6.20 Å². The van der Waals surface area contributed by atoms with Crippen molar-refractivity contribution in [3.63, 3.8) is 0 Å². The van der Waals surface area contributed by atoms with E-state index in [9.17, 15) is 0 Å². The van der Waals surface area contributed by atoms with Gasteiger partial charge in [0.1, 0.15) is 6.26 Å². The van der Waals surface area contributed by atoms with Crippen LogP contribution in [0.1, 0.15) is 5.89 Å². The average molecular weight is 164 g/mol. The van der Waals surface area contributed by atoms with Crippen LogP contribution < -0.4 is 4.84 Å². The first-order valence-corrected chi connectivity index (χ1v) is 3.38. The molecular weight excluding hydrogens is 158 g/mol. The van der Waals surface area contributed by atoms with E-state index in [1.807, 2.05) is 0 Å². The van der Waals surface area contributed by atoms with Gasteiger partial charge < -0.3 is 9.25 Å². The Morgan fingerprint density at radius 2 is 2.58 bits per heavy atom. The fourth-order valence-corrected chi connectivity index (χ4v) is 0.738. The summed E-state index contributed by atoms with van der Waals surface area (Å²) in [5.74, 6) is 0.525. The van der Waals surface area contributed by atoms with Gasteiger partial charge in [-0.25, -0.2) is 9.97 Å². The molecule has 0 atom stereocenters. The Bertz CT molecular complexity index is 280. The number of rotatable bonds is 3. The molecule has 5 nitrogen and oxygen atoms in total. The summed E-state index contributed by atoms with van der Waals surface area (Å²) >= 11 is 0. The fraction of sp³-hybridized carbons (Fsp3) is 0.143.